The summed E-state index contributed by atoms with van der Waals surface area (Å²) in [6.07, 6.45) is 2.46. The molecule has 1 fully saturated rings. The maximum Gasteiger partial charge on any atom is 0.224 e. The molecular formula is C13H20N4O2S. The van der Waals surface area contributed by atoms with Gasteiger partial charge in [0.05, 0.1) is 5.92 Å². The topological polar surface area (TPSA) is 75.2 Å². The van der Waals surface area contributed by atoms with E-state index < -0.39 is 0 Å². The van der Waals surface area contributed by atoms with E-state index >= 15 is 0 Å². The van der Waals surface area contributed by atoms with Crippen molar-refractivity contribution in [3.63, 3.8) is 0 Å². The standard InChI is InChI=1S/C13H20N4O2S/c1-9-15-16-12(20-9)5-6-14-13(19)11-4-3-7-17(8-11)10(2)18/h11H,3-8H2,1-2H3,(H,14,19). The second kappa shape index (κ2) is 6.78. The summed E-state index contributed by atoms with van der Waals surface area (Å²) >= 11 is 1.55. The van der Waals surface area contributed by atoms with Crippen LogP contribution in [0.1, 0.15) is 29.8 Å². The van der Waals surface area contributed by atoms with Crippen LogP contribution < -0.4 is 5.32 Å². The number of amides is 2. The number of rotatable bonds is 4. The van der Waals surface area contributed by atoms with Gasteiger partial charge in [0.1, 0.15) is 10.0 Å². The van der Waals surface area contributed by atoms with Crippen molar-refractivity contribution in [2.75, 3.05) is 19.6 Å². The Hall–Kier alpha value is -1.50. The van der Waals surface area contributed by atoms with Crippen molar-refractivity contribution in [2.45, 2.75) is 33.1 Å². The Morgan fingerprint density at radius 3 is 2.90 bits per heavy atom. The van der Waals surface area contributed by atoms with Crippen molar-refractivity contribution in [3.05, 3.63) is 10.0 Å². The first-order valence-corrected chi connectivity index (χ1v) is 7.70. The summed E-state index contributed by atoms with van der Waals surface area (Å²) < 4.78 is 0. The molecule has 1 aromatic rings. The summed E-state index contributed by atoms with van der Waals surface area (Å²) in [7, 11) is 0. The van der Waals surface area contributed by atoms with E-state index in [9.17, 15) is 9.59 Å². The second-order valence-corrected chi connectivity index (χ2v) is 6.33. The van der Waals surface area contributed by atoms with Gasteiger partial charge in [-0.05, 0) is 19.8 Å². The van der Waals surface area contributed by atoms with Crippen LogP contribution in [-0.2, 0) is 16.0 Å². The van der Waals surface area contributed by atoms with Crippen LogP contribution in [0.4, 0.5) is 0 Å². The average Bonchev–Trinajstić information content (AvgIpc) is 2.84. The Morgan fingerprint density at radius 1 is 1.45 bits per heavy atom. The Labute approximate surface area is 122 Å². The molecule has 1 atom stereocenters. The van der Waals surface area contributed by atoms with Gasteiger partial charge in [-0.3, -0.25) is 9.59 Å². The highest BCUT2D eigenvalue weighted by Gasteiger charge is 2.26. The van der Waals surface area contributed by atoms with Gasteiger partial charge in [-0.2, -0.15) is 0 Å². The summed E-state index contributed by atoms with van der Waals surface area (Å²) in [5.41, 5.74) is 0. The molecule has 0 aromatic carbocycles. The normalized spacial score (nSPS) is 18.9. The lowest BCUT2D eigenvalue weighted by atomic mass is 9.97. The zero-order valence-electron chi connectivity index (χ0n) is 11.9. The summed E-state index contributed by atoms with van der Waals surface area (Å²) in [4.78, 5) is 25.2. The Morgan fingerprint density at radius 2 is 2.25 bits per heavy atom. The molecule has 1 aromatic heterocycles. The number of nitrogens with one attached hydrogen (secondary N) is 1. The highest BCUT2D eigenvalue weighted by molar-refractivity contribution is 7.11. The van der Waals surface area contributed by atoms with Crippen LogP contribution in [-0.4, -0.2) is 46.5 Å². The van der Waals surface area contributed by atoms with Crippen LogP contribution in [0.5, 0.6) is 0 Å². The smallest absolute Gasteiger partial charge is 0.224 e. The Bertz CT molecular complexity index is 488. The van der Waals surface area contributed by atoms with E-state index in [0.717, 1.165) is 29.4 Å². The Balaban J connectivity index is 1.75. The van der Waals surface area contributed by atoms with Crippen molar-refractivity contribution in [2.24, 2.45) is 5.92 Å². The number of carbonyl (C=O) groups excluding carboxylic acids is 2. The molecule has 1 unspecified atom stereocenters. The number of carbonyl (C=O) groups is 2. The largest absolute Gasteiger partial charge is 0.355 e. The fourth-order valence-electron chi connectivity index (χ4n) is 2.35. The molecule has 1 aliphatic heterocycles. The minimum Gasteiger partial charge on any atom is -0.355 e. The van der Waals surface area contributed by atoms with E-state index in [1.807, 2.05) is 6.92 Å². The molecule has 1 N–H and O–H groups in total. The van der Waals surface area contributed by atoms with Crippen molar-refractivity contribution in [3.8, 4) is 0 Å². The van der Waals surface area contributed by atoms with E-state index in [1.54, 1.807) is 23.2 Å². The van der Waals surface area contributed by atoms with Gasteiger partial charge in [0.2, 0.25) is 11.8 Å². The van der Waals surface area contributed by atoms with Crippen LogP contribution >= 0.6 is 11.3 Å². The lowest BCUT2D eigenvalue weighted by Gasteiger charge is -2.31. The number of nitrogens with zero attached hydrogens (tertiary/aromatic N) is 3. The van der Waals surface area contributed by atoms with Crippen LogP contribution in [0.2, 0.25) is 0 Å². The van der Waals surface area contributed by atoms with Crippen molar-refractivity contribution < 1.29 is 9.59 Å². The third-order valence-electron chi connectivity index (χ3n) is 3.44. The fourth-order valence-corrected chi connectivity index (χ4v) is 3.06. The number of aromatic nitrogens is 2. The van der Waals surface area contributed by atoms with Gasteiger partial charge in [0, 0.05) is 33.0 Å². The quantitative estimate of drug-likeness (QED) is 0.890. The zero-order valence-corrected chi connectivity index (χ0v) is 12.7. The third kappa shape index (κ3) is 4.00. The number of hydrogen-bond donors (Lipinski definition) is 1. The zero-order chi connectivity index (χ0) is 14.5. The van der Waals surface area contributed by atoms with E-state index in [2.05, 4.69) is 15.5 Å². The first-order valence-electron chi connectivity index (χ1n) is 6.88. The molecule has 2 amide bonds. The second-order valence-electron chi connectivity index (χ2n) is 5.06. The number of hydrogen-bond acceptors (Lipinski definition) is 5. The number of likely N-dealkylation sites (tertiary alicyclic amines) is 1. The summed E-state index contributed by atoms with van der Waals surface area (Å²) in [6, 6.07) is 0. The molecule has 2 rings (SSSR count). The summed E-state index contributed by atoms with van der Waals surface area (Å²) in [5.74, 6) is 0.00725. The SMILES string of the molecule is CC(=O)N1CCCC(C(=O)NCCc2nnc(C)s2)C1. The summed E-state index contributed by atoms with van der Waals surface area (Å²) in [6.45, 7) is 5.35. The van der Waals surface area contributed by atoms with Gasteiger partial charge in [0.25, 0.3) is 0 Å². The van der Waals surface area contributed by atoms with Gasteiger partial charge in [0.15, 0.2) is 0 Å². The molecule has 0 saturated carbocycles. The van der Waals surface area contributed by atoms with Gasteiger partial charge < -0.3 is 10.2 Å². The first-order chi connectivity index (χ1) is 9.56. The molecule has 110 valence electrons. The van der Waals surface area contributed by atoms with Crippen LogP contribution in [0, 0.1) is 12.8 Å². The fraction of sp³-hybridized carbons (Fsp3) is 0.692. The van der Waals surface area contributed by atoms with Crippen molar-refractivity contribution >= 4 is 23.2 Å². The predicted octanol–water partition coefficient (Wildman–Crippen LogP) is 0.764. The lowest BCUT2D eigenvalue weighted by molar-refractivity contribution is -0.133. The molecule has 1 aliphatic rings. The van der Waals surface area contributed by atoms with Crippen molar-refractivity contribution in [1.29, 1.82) is 0 Å². The summed E-state index contributed by atoms with van der Waals surface area (Å²) in [5, 5.41) is 12.8. The Kier molecular flexibility index (Phi) is 5.05. The van der Waals surface area contributed by atoms with Gasteiger partial charge in [-0.1, -0.05) is 0 Å². The average molecular weight is 296 g/mol. The molecule has 1 saturated heterocycles. The lowest BCUT2D eigenvalue weighted by Crippen LogP contribution is -2.45. The van der Waals surface area contributed by atoms with E-state index in [-0.39, 0.29) is 17.7 Å². The maximum absolute atomic E-state index is 12.1. The first kappa shape index (κ1) is 14.9. The van der Waals surface area contributed by atoms with E-state index in [0.29, 0.717) is 19.5 Å². The molecule has 0 bridgehead atoms. The third-order valence-corrected chi connectivity index (χ3v) is 4.34. The van der Waals surface area contributed by atoms with Crippen LogP contribution in [0.3, 0.4) is 0 Å². The van der Waals surface area contributed by atoms with Crippen LogP contribution in [0.25, 0.3) is 0 Å². The molecule has 7 heteroatoms. The molecule has 0 aliphatic carbocycles. The van der Waals surface area contributed by atoms with Gasteiger partial charge in [-0.25, -0.2) is 0 Å². The van der Waals surface area contributed by atoms with E-state index in [4.69, 9.17) is 0 Å². The maximum atomic E-state index is 12.1. The van der Waals surface area contributed by atoms with Crippen LogP contribution in [0.15, 0.2) is 0 Å². The highest BCUT2D eigenvalue weighted by Crippen LogP contribution is 2.16. The molecule has 20 heavy (non-hydrogen) atoms. The molecule has 6 nitrogen and oxygen atoms in total. The highest BCUT2D eigenvalue weighted by atomic mass is 32.1. The number of piperidine rings is 1. The van der Waals surface area contributed by atoms with E-state index in [1.165, 1.54) is 0 Å². The minimum atomic E-state index is -0.0798. The number of aryl methyl sites for hydroxylation is 1. The van der Waals surface area contributed by atoms with Gasteiger partial charge >= 0.3 is 0 Å². The monoisotopic (exact) mass is 296 g/mol. The molecule has 2 heterocycles. The minimum absolute atomic E-state index is 0.0391. The molecular weight excluding hydrogens is 276 g/mol. The molecule has 0 radical (unpaired) electrons. The van der Waals surface area contributed by atoms with Gasteiger partial charge in [-0.15, -0.1) is 21.5 Å². The van der Waals surface area contributed by atoms with Crippen molar-refractivity contribution in [1.82, 2.24) is 20.4 Å². The molecule has 0 spiro atoms. The predicted molar refractivity (Wildman–Crippen MR) is 76.3 cm³/mol.